The van der Waals surface area contributed by atoms with Crippen LogP contribution in [0.3, 0.4) is 0 Å². The average Bonchev–Trinajstić information content (AvgIpc) is 2.78. The van der Waals surface area contributed by atoms with Crippen molar-refractivity contribution in [2.75, 3.05) is 25.0 Å². The van der Waals surface area contributed by atoms with E-state index in [9.17, 15) is 19.5 Å². The number of aliphatic hydroxyl groups excluding tert-OH is 1. The van der Waals surface area contributed by atoms with E-state index >= 15 is 0 Å². The van der Waals surface area contributed by atoms with E-state index in [0.29, 0.717) is 16.8 Å². The summed E-state index contributed by atoms with van der Waals surface area (Å²) in [5.74, 6) is 1.46. The molecule has 3 amide bonds. The van der Waals surface area contributed by atoms with Gasteiger partial charge in [-0.25, -0.2) is 4.79 Å². The first-order valence-corrected chi connectivity index (χ1v) is 10.9. The van der Waals surface area contributed by atoms with Crippen molar-refractivity contribution < 1.29 is 24.2 Å². The number of aliphatic hydroxyl groups is 1. The lowest BCUT2D eigenvalue weighted by Gasteiger charge is -2.32. The lowest BCUT2D eigenvalue weighted by Crippen LogP contribution is -2.47. The summed E-state index contributed by atoms with van der Waals surface area (Å²) in [6.45, 7) is 5.98. The highest BCUT2D eigenvalue weighted by Gasteiger charge is 2.33. The number of benzene rings is 2. The highest BCUT2D eigenvalue weighted by molar-refractivity contribution is 5.99. The third-order valence-corrected chi connectivity index (χ3v) is 4.82. The van der Waals surface area contributed by atoms with Crippen LogP contribution in [-0.2, 0) is 14.3 Å². The van der Waals surface area contributed by atoms with Crippen molar-refractivity contribution in [3.05, 3.63) is 65.2 Å². The van der Waals surface area contributed by atoms with Crippen molar-refractivity contribution in [3.63, 3.8) is 0 Å². The normalized spacial score (nSPS) is 11.6. The van der Waals surface area contributed by atoms with Crippen molar-refractivity contribution in [1.82, 2.24) is 10.2 Å². The van der Waals surface area contributed by atoms with E-state index in [4.69, 9.17) is 11.2 Å². The second kappa shape index (κ2) is 11.9. The molecule has 1 unspecified atom stereocenters. The number of para-hydroxylation sites is 1. The molecule has 0 heterocycles. The fourth-order valence-corrected chi connectivity index (χ4v) is 3.30. The molecule has 2 aromatic rings. The Morgan fingerprint density at radius 3 is 2.38 bits per heavy atom. The zero-order chi connectivity index (χ0) is 25.3. The molecule has 1 atom stereocenters. The van der Waals surface area contributed by atoms with Gasteiger partial charge in [-0.1, -0.05) is 42.3 Å². The number of ether oxygens (including phenoxy) is 1. The van der Waals surface area contributed by atoms with Gasteiger partial charge in [0.2, 0.25) is 5.91 Å². The Balaban J connectivity index is 2.40. The summed E-state index contributed by atoms with van der Waals surface area (Å²) in [6.07, 6.45) is 4.90. The van der Waals surface area contributed by atoms with E-state index in [1.54, 1.807) is 57.2 Å². The minimum Gasteiger partial charge on any atom is -0.444 e. The molecule has 0 aliphatic rings. The highest BCUT2D eigenvalue weighted by atomic mass is 16.6. The van der Waals surface area contributed by atoms with Gasteiger partial charge in [0.25, 0.3) is 5.91 Å². The first-order valence-electron chi connectivity index (χ1n) is 10.9. The number of nitrogens with one attached hydrogen (secondary N) is 2. The maximum absolute atomic E-state index is 13.5. The molecule has 2 aromatic carbocycles. The Morgan fingerprint density at radius 2 is 1.76 bits per heavy atom. The van der Waals surface area contributed by atoms with Crippen LogP contribution in [0.15, 0.2) is 48.5 Å². The Kier molecular flexibility index (Phi) is 9.22. The fraction of sp³-hybridized carbons (Fsp3) is 0.346. The van der Waals surface area contributed by atoms with Gasteiger partial charge in [0.05, 0.1) is 6.61 Å². The van der Waals surface area contributed by atoms with Crippen LogP contribution in [0.5, 0.6) is 0 Å². The number of aryl methyl sites for hydroxylation is 1. The molecule has 0 aliphatic carbocycles. The Morgan fingerprint density at radius 1 is 1.12 bits per heavy atom. The first kappa shape index (κ1) is 26.4. The van der Waals surface area contributed by atoms with Crippen LogP contribution in [0, 0.1) is 19.3 Å². The van der Waals surface area contributed by atoms with E-state index < -0.39 is 42.7 Å². The van der Waals surface area contributed by atoms with Crippen LogP contribution in [0.2, 0.25) is 0 Å². The van der Waals surface area contributed by atoms with Crippen molar-refractivity contribution >= 4 is 23.6 Å². The fourth-order valence-electron chi connectivity index (χ4n) is 3.30. The number of terminal acetylenes is 1. The largest absolute Gasteiger partial charge is 0.444 e. The monoisotopic (exact) mass is 465 g/mol. The van der Waals surface area contributed by atoms with Crippen molar-refractivity contribution in [2.45, 2.75) is 39.3 Å². The van der Waals surface area contributed by atoms with E-state index in [-0.39, 0.29) is 6.54 Å². The predicted molar refractivity (Wildman–Crippen MR) is 130 cm³/mol. The molecule has 0 aromatic heterocycles. The lowest BCUT2D eigenvalue weighted by molar-refractivity contribution is -0.138. The number of nitrogens with zero attached hydrogens (tertiary/aromatic N) is 1. The zero-order valence-electron chi connectivity index (χ0n) is 19.9. The molecule has 8 nitrogen and oxygen atoms in total. The number of hydrogen-bond donors (Lipinski definition) is 3. The van der Waals surface area contributed by atoms with Gasteiger partial charge < -0.3 is 25.4 Å². The summed E-state index contributed by atoms with van der Waals surface area (Å²) in [6, 6.07) is 12.9. The molecule has 34 heavy (non-hydrogen) atoms. The van der Waals surface area contributed by atoms with E-state index in [1.807, 2.05) is 19.1 Å². The average molecular weight is 466 g/mol. The molecule has 0 spiro atoms. The third kappa shape index (κ3) is 7.36. The number of rotatable bonds is 8. The lowest BCUT2D eigenvalue weighted by atomic mass is 9.98. The number of carbonyl (C=O) groups excluding carboxylic acids is 3. The minimum absolute atomic E-state index is 0.153. The molecule has 0 fully saturated rings. The van der Waals surface area contributed by atoms with Crippen LogP contribution in [-0.4, -0.2) is 53.2 Å². The van der Waals surface area contributed by atoms with Crippen LogP contribution in [0.1, 0.15) is 43.5 Å². The van der Waals surface area contributed by atoms with Crippen molar-refractivity contribution in [1.29, 1.82) is 0 Å². The number of hydrogen-bond acceptors (Lipinski definition) is 5. The van der Waals surface area contributed by atoms with Gasteiger partial charge >= 0.3 is 6.09 Å². The van der Waals surface area contributed by atoms with Crippen LogP contribution in [0.25, 0.3) is 0 Å². The number of carbonyl (C=O) groups is 3. The number of amides is 3. The van der Waals surface area contributed by atoms with E-state index in [1.165, 1.54) is 4.90 Å². The van der Waals surface area contributed by atoms with Gasteiger partial charge in [-0.05, 0) is 51.0 Å². The van der Waals surface area contributed by atoms with Crippen molar-refractivity contribution in [2.24, 2.45) is 0 Å². The molecular formula is C26H31N3O5. The molecule has 0 aliphatic heterocycles. The summed E-state index contributed by atoms with van der Waals surface area (Å²) in [5, 5.41) is 14.9. The quantitative estimate of drug-likeness (QED) is 0.520. The van der Waals surface area contributed by atoms with Gasteiger partial charge in [0.15, 0.2) is 0 Å². The van der Waals surface area contributed by atoms with E-state index in [0.717, 1.165) is 5.56 Å². The molecule has 0 radical (unpaired) electrons. The van der Waals surface area contributed by atoms with Crippen LogP contribution >= 0.6 is 0 Å². The van der Waals surface area contributed by atoms with Crippen molar-refractivity contribution in [3.8, 4) is 12.3 Å². The molecule has 0 saturated carbocycles. The smallest absolute Gasteiger partial charge is 0.408 e. The maximum atomic E-state index is 13.5. The topological polar surface area (TPSA) is 108 Å². The molecule has 180 valence electrons. The minimum atomic E-state index is -1.15. The molecule has 3 N–H and O–H groups in total. The molecule has 2 rings (SSSR count). The Hall–Kier alpha value is -3.83. The zero-order valence-corrected chi connectivity index (χ0v) is 19.9. The summed E-state index contributed by atoms with van der Waals surface area (Å²) >= 11 is 0. The van der Waals surface area contributed by atoms with Gasteiger partial charge in [-0.15, -0.1) is 6.42 Å². The molecular weight excluding hydrogens is 434 g/mol. The Labute approximate surface area is 200 Å². The third-order valence-electron chi connectivity index (χ3n) is 4.82. The van der Waals surface area contributed by atoms with Crippen LogP contribution < -0.4 is 10.6 Å². The van der Waals surface area contributed by atoms with Gasteiger partial charge in [0, 0.05) is 17.8 Å². The Bertz CT molecular complexity index is 1070. The molecule has 0 bridgehead atoms. The van der Waals surface area contributed by atoms with Crippen LogP contribution in [0.4, 0.5) is 10.5 Å². The summed E-state index contributed by atoms with van der Waals surface area (Å²) in [4.78, 5) is 39.9. The standard InChI is InChI=1S/C26H31N3O5/c1-6-19-12-8-9-13-20(19)23(24(32)28-21-14-10-7-11-18(21)2)29(15-16-30)22(31)17-27-25(33)34-26(3,4)5/h1,7-14,23,30H,15-17H2,2-5H3,(H,27,33)(H,28,32). The molecule has 8 heteroatoms. The second-order valence-corrected chi connectivity index (χ2v) is 8.60. The summed E-state index contributed by atoms with van der Waals surface area (Å²) in [7, 11) is 0. The highest BCUT2D eigenvalue weighted by Crippen LogP contribution is 2.27. The van der Waals surface area contributed by atoms with Gasteiger partial charge in [-0.3, -0.25) is 9.59 Å². The summed E-state index contributed by atoms with van der Waals surface area (Å²) in [5.41, 5.74) is 1.54. The first-order chi connectivity index (χ1) is 16.1. The second-order valence-electron chi connectivity index (χ2n) is 8.60. The van der Waals surface area contributed by atoms with Gasteiger partial charge in [0.1, 0.15) is 18.2 Å². The SMILES string of the molecule is C#Cc1ccccc1C(C(=O)Nc1ccccc1C)N(CCO)C(=O)CNC(=O)OC(C)(C)C. The molecule has 0 saturated heterocycles. The number of anilines is 1. The predicted octanol–water partition coefficient (Wildman–Crippen LogP) is 3.00. The maximum Gasteiger partial charge on any atom is 0.408 e. The number of alkyl carbamates (subject to hydrolysis) is 1. The summed E-state index contributed by atoms with van der Waals surface area (Å²) < 4.78 is 5.17. The van der Waals surface area contributed by atoms with Gasteiger partial charge in [-0.2, -0.15) is 0 Å². The van der Waals surface area contributed by atoms with E-state index in [2.05, 4.69) is 16.6 Å².